The van der Waals surface area contributed by atoms with Gasteiger partial charge in [-0.15, -0.1) is 0 Å². The Labute approximate surface area is 211 Å². The normalized spacial score (nSPS) is 12.8. The number of benzene rings is 2. The standard InChI is InChI=1S/C27H33ClFN5O/c1-5-13-31-26(19(4)33-17-18(3)23-10-8-21(28)16-25(23)29)34-22-9-11-24(20(6-2)15-22)27(35)32-14-7-12-30/h5,8-11,13,15-17H,6-7,12,14,30H2,1-4H3,(H,31,34)(H,32,35)/b13-5-,18-17+,33-19?. The molecule has 2 aromatic rings. The fourth-order valence-electron chi connectivity index (χ4n) is 3.22. The van der Waals surface area contributed by atoms with Gasteiger partial charge in [0.05, 0.1) is 5.71 Å². The first kappa shape index (κ1) is 28.0. The van der Waals surface area contributed by atoms with Crippen LogP contribution < -0.4 is 16.4 Å². The topological polar surface area (TPSA) is 91.9 Å². The molecule has 0 unspecified atom stereocenters. The minimum atomic E-state index is -0.403. The molecule has 1 amide bonds. The van der Waals surface area contributed by atoms with Gasteiger partial charge < -0.3 is 16.4 Å². The maximum atomic E-state index is 14.2. The number of amides is 1. The number of carbonyl (C=O) groups is 1. The number of rotatable bonds is 10. The highest BCUT2D eigenvalue weighted by Crippen LogP contribution is 2.22. The van der Waals surface area contributed by atoms with E-state index in [1.54, 1.807) is 37.5 Å². The summed E-state index contributed by atoms with van der Waals surface area (Å²) in [5.41, 5.74) is 9.52. The number of nitrogens with one attached hydrogen (secondary N) is 2. The lowest BCUT2D eigenvalue weighted by Crippen LogP contribution is -2.27. The zero-order chi connectivity index (χ0) is 25.8. The molecule has 0 saturated carbocycles. The molecule has 0 aliphatic rings. The van der Waals surface area contributed by atoms with E-state index >= 15 is 0 Å². The van der Waals surface area contributed by atoms with Crippen molar-refractivity contribution in [2.24, 2.45) is 15.7 Å². The molecule has 0 heterocycles. The average Bonchev–Trinajstić information content (AvgIpc) is 2.84. The van der Waals surface area contributed by atoms with Gasteiger partial charge >= 0.3 is 0 Å². The third-order valence-electron chi connectivity index (χ3n) is 5.16. The van der Waals surface area contributed by atoms with Gasteiger partial charge in [0.15, 0.2) is 5.84 Å². The summed E-state index contributed by atoms with van der Waals surface area (Å²) < 4.78 is 14.2. The number of carbonyl (C=O) groups excluding carboxylic acids is 1. The van der Waals surface area contributed by atoms with Crippen molar-refractivity contribution in [1.82, 2.24) is 5.32 Å². The summed E-state index contributed by atoms with van der Waals surface area (Å²) in [5.74, 6) is 0.0163. The second-order valence-corrected chi connectivity index (χ2v) is 8.30. The van der Waals surface area contributed by atoms with E-state index in [1.165, 1.54) is 6.07 Å². The number of nitrogens with zero attached hydrogens (tertiary/aromatic N) is 2. The number of allylic oxidation sites excluding steroid dienone is 2. The van der Waals surface area contributed by atoms with Crippen LogP contribution in [-0.2, 0) is 6.42 Å². The van der Waals surface area contributed by atoms with E-state index in [0.717, 1.165) is 17.7 Å². The van der Waals surface area contributed by atoms with Crippen LogP contribution in [0.25, 0.3) is 5.57 Å². The number of amidine groups is 1. The second kappa shape index (κ2) is 14.2. The van der Waals surface area contributed by atoms with E-state index in [4.69, 9.17) is 17.3 Å². The first-order valence-corrected chi connectivity index (χ1v) is 11.9. The molecule has 0 saturated heterocycles. The molecule has 186 valence electrons. The van der Waals surface area contributed by atoms with Gasteiger partial charge in [-0.05, 0) is 81.6 Å². The van der Waals surface area contributed by atoms with Crippen LogP contribution in [0.1, 0.15) is 55.6 Å². The Kier molecular flexibility index (Phi) is 11.3. The lowest BCUT2D eigenvalue weighted by atomic mass is 10.0. The van der Waals surface area contributed by atoms with E-state index in [-0.39, 0.29) is 5.91 Å². The Morgan fingerprint density at radius 1 is 1.14 bits per heavy atom. The van der Waals surface area contributed by atoms with Crippen molar-refractivity contribution in [3.63, 3.8) is 0 Å². The van der Waals surface area contributed by atoms with Gasteiger partial charge in [-0.2, -0.15) is 0 Å². The van der Waals surface area contributed by atoms with Gasteiger partial charge in [-0.25, -0.2) is 9.38 Å². The molecule has 2 rings (SSSR count). The fourth-order valence-corrected chi connectivity index (χ4v) is 3.38. The van der Waals surface area contributed by atoms with Crippen LogP contribution in [0.2, 0.25) is 5.02 Å². The highest BCUT2D eigenvalue weighted by molar-refractivity contribution is 6.45. The van der Waals surface area contributed by atoms with E-state index in [1.807, 2.05) is 39.0 Å². The van der Waals surface area contributed by atoms with Crippen LogP contribution in [0, 0.1) is 5.82 Å². The van der Waals surface area contributed by atoms with Gasteiger partial charge in [0, 0.05) is 40.8 Å². The van der Waals surface area contributed by atoms with Crippen LogP contribution in [0.15, 0.2) is 64.9 Å². The molecule has 0 aliphatic carbocycles. The molecule has 0 radical (unpaired) electrons. The highest BCUT2D eigenvalue weighted by Gasteiger charge is 2.12. The number of aryl methyl sites for hydroxylation is 1. The van der Waals surface area contributed by atoms with Crippen LogP contribution in [0.5, 0.6) is 0 Å². The van der Waals surface area contributed by atoms with Crippen molar-refractivity contribution >= 4 is 40.3 Å². The molecule has 0 bridgehead atoms. The summed E-state index contributed by atoms with van der Waals surface area (Å²) in [4.78, 5) is 21.5. The molecule has 2 aromatic carbocycles. The summed E-state index contributed by atoms with van der Waals surface area (Å²) in [6.07, 6.45) is 6.50. The van der Waals surface area contributed by atoms with Crippen molar-refractivity contribution < 1.29 is 9.18 Å². The average molecular weight is 498 g/mol. The van der Waals surface area contributed by atoms with Gasteiger partial charge in [0.25, 0.3) is 5.91 Å². The highest BCUT2D eigenvalue weighted by atomic mass is 35.5. The van der Waals surface area contributed by atoms with Crippen molar-refractivity contribution in [3.05, 3.63) is 82.4 Å². The smallest absolute Gasteiger partial charge is 0.251 e. The number of anilines is 1. The molecule has 0 aromatic heterocycles. The molecule has 4 N–H and O–H groups in total. The van der Waals surface area contributed by atoms with E-state index < -0.39 is 5.82 Å². The lowest BCUT2D eigenvalue weighted by Gasteiger charge is -2.13. The zero-order valence-electron chi connectivity index (χ0n) is 20.7. The SMILES string of the molecule is C/C=C\N=C(Nc1ccc(C(=O)NCCCN)c(CC)c1)C(C)=N/C=C(\C)c1ccc(Cl)cc1F. The third-order valence-corrected chi connectivity index (χ3v) is 5.40. The monoisotopic (exact) mass is 497 g/mol. The lowest BCUT2D eigenvalue weighted by molar-refractivity contribution is 0.0952. The first-order chi connectivity index (χ1) is 16.8. The summed E-state index contributed by atoms with van der Waals surface area (Å²) in [6, 6.07) is 10.1. The van der Waals surface area contributed by atoms with Crippen LogP contribution in [0.3, 0.4) is 0 Å². The minimum Gasteiger partial charge on any atom is -0.352 e. The fraction of sp³-hybridized carbons (Fsp3) is 0.296. The summed E-state index contributed by atoms with van der Waals surface area (Å²) in [5, 5.41) is 6.53. The van der Waals surface area contributed by atoms with Crippen LogP contribution in [-0.4, -0.2) is 30.5 Å². The second-order valence-electron chi connectivity index (χ2n) is 7.86. The largest absolute Gasteiger partial charge is 0.352 e. The Bertz CT molecular complexity index is 1150. The molecule has 0 fully saturated rings. The minimum absolute atomic E-state index is 0.113. The number of aliphatic imine (C=N–C) groups is 2. The Morgan fingerprint density at radius 2 is 1.89 bits per heavy atom. The van der Waals surface area contributed by atoms with Crippen LogP contribution >= 0.6 is 11.6 Å². The predicted octanol–water partition coefficient (Wildman–Crippen LogP) is 5.99. The maximum Gasteiger partial charge on any atom is 0.251 e. The summed E-state index contributed by atoms with van der Waals surface area (Å²) in [7, 11) is 0. The van der Waals surface area contributed by atoms with E-state index in [9.17, 15) is 9.18 Å². The van der Waals surface area contributed by atoms with E-state index in [2.05, 4.69) is 20.6 Å². The molecular formula is C27H33ClFN5O. The van der Waals surface area contributed by atoms with Crippen molar-refractivity contribution in [2.75, 3.05) is 18.4 Å². The van der Waals surface area contributed by atoms with Gasteiger partial charge in [-0.1, -0.05) is 30.7 Å². The van der Waals surface area contributed by atoms with Gasteiger partial charge in [-0.3, -0.25) is 9.79 Å². The van der Waals surface area contributed by atoms with E-state index in [0.29, 0.717) is 52.8 Å². The van der Waals surface area contributed by atoms with Crippen molar-refractivity contribution in [1.29, 1.82) is 0 Å². The first-order valence-electron chi connectivity index (χ1n) is 11.5. The number of hydrogen-bond acceptors (Lipinski definition) is 4. The Balaban J connectivity index is 2.28. The molecule has 6 nitrogen and oxygen atoms in total. The summed E-state index contributed by atoms with van der Waals surface area (Å²) >= 11 is 5.85. The molecular weight excluding hydrogens is 465 g/mol. The number of nitrogens with two attached hydrogens (primary N) is 1. The Hall–Kier alpha value is -3.29. The zero-order valence-corrected chi connectivity index (χ0v) is 21.4. The van der Waals surface area contributed by atoms with Gasteiger partial charge in [0.2, 0.25) is 0 Å². The molecule has 0 aliphatic heterocycles. The summed E-state index contributed by atoms with van der Waals surface area (Å²) in [6.45, 7) is 8.54. The van der Waals surface area contributed by atoms with Crippen molar-refractivity contribution in [2.45, 2.75) is 40.5 Å². The number of hydrogen-bond donors (Lipinski definition) is 3. The molecule has 0 spiro atoms. The Morgan fingerprint density at radius 3 is 2.54 bits per heavy atom. The maximum absolute atomic E-state index is 14.2. The third kappa shape index (κ3) is 8.46. The predicted molar refractivity (Wildman–Crippen MR) is 146 cm³/mol. The number of halogens is 2. The molecule has 8 heteroatoms. The molecule has 0 atom stereocenters. The van der Waals surface area contributed by atoms with Crippen molar-refractivity contribution in [3.8, 4) is 0 Å². The molecule has 35 heavy (non-hydrogen) atoms. The quantitative estimate of drug-likeness (QED) is 0.214. The van der Waals surface area contributed by atoms with Crippen LogP contribution in [0.4, 0.5) is 10.1 Å². The van der Waals surface area contributed by atoms with Gasteiger partial charge in [0.1, 0.15) is 5.82 Å².